The van der Waals surface area contributed by atoms with Crippen molar-refractivity contribution >= 4 is 12.2 Å². The summed E-state index contributed by atoms with van der Waals surface area (Å²) in [6.07, 6.45) is 4.00. The summed E-state index contributed by atoms with van der Waals surface area (Å²) in [5.74, 6) is 6.71. The summed E-state index contributed by atoms with van der Waals surface area (Å²) in [4.78, 5) is 0. The van der Waals surface area contributed by atoms with Gasteiger partial charge in [-0.2, -0.15) is 5.10 Å². The Hall–Kier alpha value is -2.57. The summed E-state index contributed by atoms with van der Waals surface area (Å²) in [6.45, 7) is 2.74. The Balaban J connectivity index is 2.04. The van der Waals surface area contributed by atoms with Gasteiger partial charge in [-0.3, -0.25) is 0 Å². The predicted molar refractivity (Wildman–Crippen MR) is 73.6 cm³/mol. The van der Waals surface area contributed by atoms with Crippen LogP contribution in [-0.4, -0.2) is 27.7 Å². The van der Waals surface area contributed by atoms with E-state index < -0.39 is 0 Å². The average molecular weight is 260 g/mol. The highest BCUT2D eigenvalue weighted by Crippen LogP contribution is 2.16. The number of nitrogens with one attached hydrogen (secondary N) is 1. The van der Waals surface area contributed by atoms with Gasteiger partial charge in [0.1, 0.15) is 12.1 Å². The first-order valence-corrected chi connectivity index (χ1v) is 5.97. The molecule has 0 fully saturated rings. The Bertz CT molecular complexity index is 551. The molecule has 0 aliphatic rings. The minimum Gasteiger partial charge on any atom is -0.493 e. The van der Waals surface area contributed by atoms with Gasteiger partial charge >= 0.3 is 0 Å². The van der Waals surface area contributed by atoms with Crippen LogP contribution >= 0.6 is 0 Å². The summed E-state index contributed by atoms with van der Waals surface area (Å²) in [5, 5.41) is 11.4. The molecule has 2 aromatic rings. The molecule has 2 rings (SSSR count). The van der Waals surface area contributed by atoms with Crippen LogP contribution in [0.1, 0.15) is 18.9 Å². The molecule has 0 bridgehead atoms. The smallest absolute Gasteiger partial charge is 0.263 e. The van der Waals surface area contributed by atoms with E-state index in [-0.39, 0.29) is 0 Å². The van der Waals surface area contributed by atoms with Gasteiger partial charge in [0, 0.05) is 5.56 Å². The van der Waals surface area contributed by atoms with Crippen molar-refractivity contribution in [3.05, 3.63) is 36.2 Å². The molecule has 0 saturated carbocycles. The topological polar surface area (TPSA) is 90.3 Å². The molecule has 100 valence electrons. The Kier molecular flexibility index (Phi) is 4.33. The number of nitrogens with two attached hydrogens (primary N) is 1. The maximum absolute atomic E-state index is 5.62. The largest absolute Gasteiger partial charge is 0.493 e. The van der Waals surface area contributed by atoms with Crippen LogP contribution in [0.4, 0.5) is 5.95 Å². The lowest BCUT2D eigenvalue weighted by Crippen LogP contribution is -2.10. The maximum Gasteiger partial charge on any atom is 0.263 e. The first kappa shape index (κ1) is 12.9. The standard InChI is InChI=1S/C12H16N6O/c1-2-7-19-11-6-4-3-5-10(11)8-14-16-12-17-15-9-18(12)13/h3-6,8-9H,2,7,13H2,1H3,(H,16,17). The molecule has 0 amide bonds. The number of ether oxygens (including phenoxy) is 1. The second-order valence-electron chi connectivity index (χ2n) is 3.82. The summed E-state index contributed by atoms with van der Waals surface area (Å²) >= 11 is 0. The molecule has 7 heteroatoms. The van der Waals surface area contributed by atoms with Crippen LogP contribution in [0.3, 0.4) is 0 Å². The van der Waals surface area contributed by atoms with Crippen LogP contribution in [0.15, 0.2) is 35.7 Å². The molecular weight excluding hydrogens is 244 g/mol. The molecule has 0 atom stereocenters. The number of hydrazone groups is 1. The zero-order valence-corrected chi connectivity index (χ0v) is 10.7. The molecular formula is C12H16N6O. The third-order valence-corrected chi connectivity index (χ3v) is 2.32. The van der Waals surface area contributed by atoms with Crippen molar-refractivity contribution in [1.29, 1.82) is 0 Å². The average Bonchev–Trinajstić information content (AvgIpc) is 2.83. The second-order valence-corrected chi connectivity index (χ2v) is 3.82. The Morgan fingerprint density at radius 1 is 1.47 bits per heavy atom. The number of para-hydroxylation sites is 1. The quantitative estimate of drug-likeness (QED) is 0.463. The van der Waals surface area contributed by atoms with Crippen LogP contribution in [0, 0.1) is 0 Å². The van der Waals surface area contributed by atoms with Gasteiger partial charge in [-0.15, -0.1) is 10.2 Å². The van der Waals surface area contributed by atoms with Gasteiger partial charge in [-0.05, 0) is 18.6 Å². The number of hydrogen-bond donors (Lipinski definition) is 2. The fraction of sp³-hybridized carbons (Fsp3) is 0.250. The van der Waals surface area contributed by atoms with Crippen LogP contribution in [0.5, 0.6) is 5.75 Å². The van der Waals surface area contributed by atoms with E-state index >= 15 is 0 Å². The van der Waals surface area contributed by atoms with E-state index in [0.29, 0.717) is 12.6 Å². The van der Waals surface area contributed by atoms with E-state index in [9.17, 15) is 0 Å². The highest BCUT2D eigenvalue weighted by atomic mass is 16.5. The van der Waals surface area contributed by atoms with Gasteiger partial charge < -0.3 is 10.6 Å². The molecule has 0 aliphatic heterocycles. The minimum atomic E-state index is 0.364. The van der Waals surface area contributed by atoms with Gasteiger partial charge in [0.05, 0.1) is 12.8 Å². The third-order valence-electron chi connectivity index (χ3n) is 2.32. The van der Waals surface area contributed by atoms with E-state index in [1.807, 2.05) is 24.3 Å². The lowest BCUT2D eigenvalue weighted by Gasteiger charge is -2.07. The molecule has 1 aromatic carbocycles. The number of aromatic nitrogens is 3. The predicted octanol–water partition coefficient (Wildman–Crippen LogP) is 1.23. The maximum atomic E-state index is 5.62. The summed E-state index contributed by atoms with van der Waals surface area (Å²) in [7, 11) is 0. The van der Waals surface area contributed by atoms with Crippen molar-refractivity contribution in [3.8, 4) is 5.75 Å². The van der Waals surface area contributed by atoms with Gasteiger partial charge in [-0.1, -0.05) is 19.1 Å². The molecule has 1 heterocycles. The van der Waals surface area contributed by atoms with Gasteiger partial charge in [0.25, 0.3) is 5.95 Å². The Morgan fingerprint density at radius 3 is 3.05 bits per heavy atom. The number of hydrogen-bond acceptors (Lipinski definition) is 6. The van der Waals surface area contributed by atoms with Crippen LogP contribution in [-0.2, 0) is 0 Å². The number of anilines is 1. The van der Waals surface area contributed by atoms with Crippen molar-refractivity contribution in [2.75, 3.05) is 17.9 Å². The number of nitrogens with zero attached hydrogens (tertiary/aromatic N) is 4. The van der Waals surface area contributed by atoms with E-state index in [1.165, 1.54) is 11.0 Å². The first-order valence-electron chi connectivity index (χ1n) is 5.97. The Labute approximate surface area is 111 Å². The molecule has 0 spiro atoms. The van der Waals surface area contributed by atoms with E-state index in [1.54, 1.807) is 6.21 Å². The SMILES string of the molecule is CCCOc1ccccc1C=NNc1nncn1N. The third kappa shape index (κ3) is 3.44. The van der Waals surface area contributed by atoms with Crippen molar-refractivity contribution in [2.45, 2.75) is 13.3 Å². The lowest BCUT2D eigenvalue weighted by molar-refractivity contribution is 0.317. The molecule has 0 aliphatic carbocycles. The molecule has 3 N–H and O–H groups in total. The minimum absolute atomic E-state index is 0.364. The molecule has 19 heavy (non-hydrogen) atoms. The van der Waals surface area contributed by atoms with Crippen LogP contribution < -0.4 is 16.0 Å². The molecule has 0 saturated heterocycles. The highest BCUT2D eigenvalue weighted by molar-refractivity contribution is 5.83. The van der Waals surface area contributed by atoms with Crippen LogP contribution in [0.2, 0.25) is 0 Å². The highest BCUT2D eigenvalue weighted by Gasteiger charge is 2.00. The van der Waals surface area contributed by atoms with E-state index in [0.717, 1.165) is 17.7 Å². The van der Waals surface area contributed by atoms with Crippen molar-refractivity contribution in [1.82, 2.24) is 14.9 Å². The number of rotatable bonds is 6. The Morgan fingerprint density at radius 2 is 2.32 bits per heavy atom. The fourth-order valence-corrected chi connectivity index (χ4v) is 1.41. The number of nitrogen functional groups attached to an aromatic ring is 1. The van der Waals surface area contributed by atoms with E-state index in [2.05, 4.69) is 27.6 Å². The van der Waals surface area contributed by atoms with E-state index in [4.69, 9.17) is 10.6 Å². The summed E-state index contributed by atoms with van der Waals surface area (Å²) < 4.78 is 6.87. The van der Waals surface area contributed by atoms with Crippen LogP contribution in [0.25, 0.3) is 0 Å². The van der Waals surface area contributed by atoms with Gasteiger partial charge in [0.2, 0.25) is 0 Å². The second kappa shape index (κ2) is 6.39. The van der Waals surface area contributed by atoms with Crippen molar-refractivity contribution in [2.24, 2.45) is 5.10 Å². The monoisotopic (exact) mass is 260 g/mol. The fourth-order valence-electron chi connectivity index (χ4n) is 1.41. The summed E-state index contributed by atoms with van der Waals surface area (Å²) in [5.41, 5.74) is 3.58. The molecule has 0 unspecified atom stereocenters. The zero-order valence-electron chi connectivity index (χ0n) is 10.7. The van der Waals surface area contributed by atoms with Gasteiger partial charge in [-0.25, -0.2) is 10.1 Å². The lowest BCUT2D eigenvalue weighted by atomic mass is 10.2. The molecule has 7 nitrogen and oxygen atoms in total. The normalized spacial score (nSPS) is 10.8. The van der Waals surface area contributed by atoms with Gasteiger partial charge in [0.15, 0.2) is 0 Å². The van der Waals surface area contributed by atoms with Crippen molar-refractivity contribution in [3.63, 3.8) is 0 Å². The number of benzene rings is 1. The molecule has 0 radical (unpaired) electrons. The zero-order chi connectivity index (χ0) is 13.5. The molecule has 1 aromatic heterocycles. The summed E-state index contributed by atoms with van der Waals surface area (Å²) in [6, 6.07) is 7.67. The van der Waals surface area contributed by atoms with Crippen molar-refractivity contribution < 1.29 is 4.74 Å². The first-order chi connectivity index (χ1) is 9.31.